The van der Waals surface area contributed by atoms with E-state index in [-0.39, 0.29) is 0 Å². The Morgan fingerprint density at radius 3 is 1.64 bits per heavy atom. The lowest BCUT2D eigenvalue weighted by molar-refractivity contribution is 0.315. The summed E-state index contributed by atoms with van der Waals surface area (Å²) in [5.41, 5.74) is 0. The van der Waals surface area contributed by atoms with Crippen LogP contribution in [-0.4, -0.2) is 50.1 Å². The van der Waals surface area contributed by atoms with E-state index in [0.29, 0.717) is 0 Å². The van der Waals surface area contributed by atoms with Gasteiger partial charge in [0, 0.05) is 13.1 Å². The lowest BCUT2D eigenvalue weighted by atomic mass is 9.92. The van der Waals surface area contributed by atoms with Crippen molar-refractivity contribution in [1.82, 2.24) is 9.80 Å². The van der Waals surface area contributed by atoms with E-state index >= 15 is 0 Å². The van der Waals surface area contributed by atoms with Crippen molar-refractivity contribution < 1.29 is 0 Å². The Morgan fingerprint density at radius 2 is 1.21 bits per heavy atom. The third kappa shape index (κ3) is 2.96. The van der Waals surface area contributed by atoms with Crippen LogP contribution in [0.1, 0.15) is 26.7 Å². The highest BCUT2D eigenvalue weighted by Crippen LogP contribution is 2.30. The number of hydrogen-bond donors (Lipinski definition) is 0. The number of rotatable bonds is 0. The predicted octanol–water partition coefficient (Wildman–Crippen LogP) is 1.92. The molecule has 14 heavy (non-hydrogen) atoms. The van der Waals surface area contributed by atoms with Gasteiger partial charge in [0.2, 0.25) is 0 Å². The summed E-state index contributed by atoms with van der Waals surface area (Å²) >= 11 is 0. The fraction of sp³-hybridized carbons (Fsp3) is 1.00. The summed E-state index contributed by atoms with van der Waals surface area (Å²) in [6, 6.07) is 0. The van der Waals surface area contributed by atoms with Crippen molar-refractivity contribution in [3.05, 3.63) is 0 Å². The number of likely N-dealkylation sites (tertiary alicyclic amines) is 2. The summed E-state index contributed by atoms with van der Waals surface area (Å²) < 4.78 is 0. The molecule has 2 nitrogen and oxygen atoms in total. The molecule has 0 amide bonds. The fourth-order valence-electron chi connectivity index (χ4n) is 2.71. The van der Waals surface area contributed by atoms with E-state index in [9.17, 15) is 0 Å². The van der Waals surface area contributed by atoms with Crippen LogP contribution < -0.4 is 0 Å². The molecular formula is C12H26N2. The number of fused-ring (bicyclic) bond motifs is 1. The van der Waals surface area contributed by atoms with Crippen molar-refractivity contribution in [2.75, 3.05) is 40.3 Å². The molecular weight excluding hydrogens is 172 g/mol. The second-order valence-electron chi connectivity index (χ2n) is 4.62. The van der Waals surface area contributed by atoms with Crippen LogP contribution in [0.15, 0.2) is 0 Å². The Hall–Kier alpha value is -0.0800. The largest absolute Gasteiger partial charge is 0.306 e. The summed E-state index contributed by atoms with van der Waals surface area (Å²) in [6.07, 6.45) is 2.84. The van der Waals surface area contributed by atoms with Crippen LogP contribution in [0.5, 0.6) is 0 Å². The van der Waals surface area contributed by atoms with Gasteiger partial charge in [0.25, 0.3) is 0 Å². The zero-order chi connectivity index (χ0) is 10.6. The van der Waals surface area contributed by atoms with Crippen molar-refractivity contribution in [3.8, 4) is 0 Å². The van der Waals surface area contributed by atoms with Gasteiger partial charge in [-0.3, -0.25) is 0 Å². The van der Waals surface area contributed by atoms with Crippen molar-refractivity contribution >= 4 is 0 Å². The smallest absolute Gasteiger partial charge is 0.00103 e. The van der Waals surface area contributed by atoms with Crippen molar-refractivity contribution in [3.63, 3.8) is 0 Å². The first-order chi connectivity index (χ1) is 6.75. The predicted molar refractivity (Wildman–Crippen MR) is 62.6 cm³/mol. The van der Waals surface area contributed by atoms with Crippen molar-refractivity contribution in [2.45, 2.75) is 26.7 Å². The highest BCUT2D eigenvalue weighted by atomic mass is 15.1. The van der Waals surface area contributed by atoms with Gasteiger partial charge in [0.05, 0.1) is 0 Å². The van der Waals surface area contributed by atoms with Crippen LogP contribution >= 0.6 is 0 Å². The first-order valence-electron chi connectivity index (χ1n) is 6.13. The zero-order valence-electron chi connectivity index (χ0n) is 10.3. The molecule has 2 heterocycles. The first kappa shape index (κ1) is 12.0. The highest BCUT2D eigenvalue weighted by Gasteiger charge is 2.32. The second-order valence-corrected chi connectivity index (χ2v) is 4.62. The molecule has 0 saturated carbocycles. The standard InChI is InChI=1S/C10H20N2.C2H6/c1-11-5-3-9-7-12(2)8-10(9)4-6-11;1-2/h9-10H,3-8H2,1-2H3;1-2H3. The second kappa shape index (κ2) is 5.72. The SMILES string of the molecule is CC.CN1CCC2CN(C)CC2CC1. The van der Waals surface area contributed by atoms with E-state index < -0.39 is 0 Å². The molecule has 2 unspecified atom stereocenters. The molecule has 0 radical (unpaired) electrons. The molecule has 2 aliphatic rings. The third-order valence-electron chi connectivity index (χ3n) is 3.52. The topological polar surface area (TPSA) is 6.48 Å². The van der Waals surface area contributed by atoms with E-state index in [2.05, 4.69) is 23.9 Å². The lowest BCUT2D eigenvalue weighted by Crippen LogP contribution is -2.22. The molecule has 0 aromatic rings. The monoisotopic (exact) mass is 198 g/mol. The molecule has 2 atom stereocenters. The summed E-state index contributed by atoms with van der Waals surface area (Å²) in [5.74, 6) is 2.00. The van der Waals surface area contributed by atoms with Crippen molar-refractivity contribution in [1.29, 1.82) is 0 Å². The summed E-state index contributed by atoms with van der Waals surface area (Å²) in [4.78, 5) is 4.99. The Morgan fingerprint density at radius 1 is 0.786 bits per heavy atom. The van der Waals surface area contributed by atoms with Gasteiger partial charge >= 0.3 is 0 Å². The zero-order valence-corrected chi connectivity index (χ0v) is 10.3. The lowest BCUT2D eigenvalue weighted by Gasteiger charge is -2.14. The van der Waals surface area contributed by atoms with E-state index in [1.807, 2.05) is 13.8 Å². The van der Waals surface area contributed by atoms with Crippen LogP contribution in [0.25, 0.3) is 0 Å². The van der Waals surface area contributed by atoms with Crippen LogP contribution in [0, 0.1) is 11.8 Å². The van der Waals surface area contributed by atoms with Crippen LogP contribution in [0.2, 0.25) is 0 Å². The third-order valence-corrected chi connectivity index (χ3v) is 3.52. The Bertz CT molecular complexity index is 142. The molecule has 2 rings (SSSR count). The number of nitrogens with zero attached hydrogens (tertiary/aromatic N) is 2. The van der Waals surface area contributed by atoms with Gasteiger partial charge in [-0.2, -0.15) is 0 Å². The molecule has 2 aliphatic heterocycles. The van der Waals surface area contributed by atoms with E-state index in [4.69, 9.17) is 0 Å². The molecule has 0 aromatic carbocycles. The quantitative estimate of drug-likeness (QED) is 0.587. The Balaban J connectivity index is 0.000000461. The molecule has 0 bridgehead atoms. The van der Waals surface area contributed by atoms with E-state index in [1.165, 1.54) is 39.0 Å². The van der Waals surface area contributed by atoms with Gasteiger partial charge in [0.1, 0.15) is 0 Å². The molecule has 2 saturated heterocycles. The van der Waals surface area contributed by atoms with Gasteiger partial charge in [-0.1, -0.05) is 13.8 Å². The van der Waals surface area contributed by atoms with Gasteiger partial charge in [-0.25, -0.2) is 0 Å². The first-order valence-corrected chi connectivity index (χ1v) is 6.13. The fourth-order valence-corrected chi connectivity index (χ4v) is 2.71. The van der Waals surface area contributed by atoms with Gasteiger partial charge in [-0.05, 0) is 51.9 Å². The maximum Gasteiger partial charge on any atom is 0.00103 e. The van der Waals surface area contributed by atoms with Crippen LogP contribution in [0.4, 0.5) is 0 Å². The average Bonchev–Trinajstić information content (AvgIpc) is 2.47. The maximum absolute atomic E-state index is 2.50. The minimum Gasteiger partial charge on any atom is -0.306 e. The van der Waals surface area contributed by atoms with Gasteiger partial charge in [0.15, 0.2) is 0 Å². The summed E-state index contributed by atoms with van der Waals surface area (Å²) in [6.45, 7) is 9.32. The van der Waals surface area contributed by atoms with E-state index in [1.54, 1.807) is 0 Å². The molecule has 0 N–H and O–H groups in total. The van der Waals surface area contributed by atoms with Gasteiger partial charge < -0.3 is 9.80 Å². The minimum atomic E-state index is 1.000. The minimum absolute atomic E-state index is 1.000. The Kier molecular flexibility index (Phi) is 4.90. The normalized spacial score (nSPS) is 34.3. The molecule has 84 valence electrons. The highest BCUT2D eigenvalue weighted by molar-refractivity contribution is 4.85. The molecule has 2 heteroatoms. The van der Waals surface area contributed by atoms with E-state index in [0.717, 1.165) is 11.8 Å². The average molecular weight is 198 g/mol. The maximum atomic E-state index is 2.50. The summed E-state index contributed by atoms with van der Waals surface area (Å²) in [5, 5.41) is 0. The molecule has 2 fully saturated rings. The van der Waals surface area contributed by atoms with Crippen molar-refractivity contribution in [2.24, 2.45) is 11.8 Å². The van der Waals surface area contributed by atoms with Crippen LogP contribution in [0.3, 0.4) is 0 Å². The molecule has 0 aromatic heterocycles. The molecule has 0 spiro atoms. The van der Waals surface area contributed by atoms with Gasteiger partial charge in [-0.15, -0.1) is 0 Å². The molecule has 0 aliphatic carbocycles. The summed E-state index contributed by atoms with van der Waals surface area (Å²) in [7, 11) is 4.52. The number of hydrogen-bond acceptors (Lipinski definition) is 2. The Labute approximate surface area is 89.3 Å². The van der Waals surface area contributed by atoms with Crippen LogP contribution in [-0.2, 0) is 0 Å².